The fourth-order valence-electron chi connectivity index (χ4n) is 3.31. The topological polar surface area (TPSA) is 61.9 Å². The number of nitrogens with zero attached hydrogens (tertiary/aromatic N) is 3. The molecule has 1 amide bonds. The minimum atomic E-state index is 0.221. The number of pyridine rings is 2. The van der Waals surface area contributed by atoms with Crippen LogP contribution in [-0.2, 0) is 4.79 Å². The monoisotopic (exact) mass is 352 g/mol. The summed E-state index contributed by atoms with van der Waals surface area (Å²) in [4.78, 5) is 27.4. The van der Waals surface area contributed by atoms with Crippen molar-refractivity contribution in [3.8, 4) is 0 Å². The van der Waals surface area contributed by atoms with Crippen LogP contribution >= 0.6 is 11.8 Å². The maximum Gasteiger partial charge on any atom is 0.232 e. The molecule has 0 unspecified atom stereocenters. The predicted octanol–water partition coefficient (Wildman–Crippen LogP) is 3.46. The summed E-state index contributed by atoms with van der Waals surface area (Å²) >= 11 is 1.58. The standard InChI is InChI=1S/C19H20N4OS/c24-19(13-25-15-3-8-20-9-4-15)23-10-5-14(6-11-23)17-12-18-16(22-17)2-1-7-21-18/h1-4,7-9,12,14,22H,5-6,10-11,13H2. The van der Waals surface area contributed by atoms with E-state index in [4.69, 9.17) is 0 Å². The van der Waals surface area contributed by atoms with E-state index in [0.29, 0.717) is 11.7 Å². The molecule has 1 aliphatic heterocycles. The largest absolute Gasteiger partial charge is 0.357 e. The lowest BCUT2D eigenvalue weighted by Crippen LogP contribution is -2.39. The van der Waals surface area contributed by atoms with Crippen molar-refractivity contribution in [2.24, 2.45) is 0 Å². The summed E-state index contributed by atoms with van der Waals surface area (Å²) in [6, 6.07) is 10.0. The summed E-state index contributed by atoms with van der Waals surface area (Å²) in [5.41, 5.74) is 3.35. The molecule has 0 aromatic carbocycles. The maximum absolute atomic E-state index is 12.4. The summed E-state index contributed by atoms with van der Waals surface area (Å²) in [6.45, 7) is 1.65. The van der Waals surface area contributed by atoms with Gasteiger partial charge < -0.3 is 9.88 Å². The predicted molar refractivity (Wildman–Crippen MR) is 99.6 cm³/mol. The van der Waals surface area contributed by atoms with Crippen LogP contribution < -0.4 is 0 Å². The van der Waals surface area contributed by atoms with Crippen LogP contribution in [0.2, 0.25) is 0 Å². The molecule has 0 bridgehead atoms. The fraction of sp³-hybridized carbons (Fsp3) is 0.316. The minimum absolute atomic E-state index is 0.221. The molecule has 3 aromatic heterocycles. The Balaban J connectivity index is 1.32. The number of fused-ring (bicyclic) bond motifs is 1. The molecule has 4 heterocycles. The van der Waals surface area contributed by atoms with Crippen molar-refractivity contribution in [3.63, 3.8) is 0 Å². The maximum atomic E-state index is 12.4. The molecule has 4 rings (SSSR count). The van der Waals surface area contributed by atoms with Gasteiger partial charge in [-0.2, -0.15) is 0 Å². The van der Waals surface area contributed by atoms with Crippen LogP contribution in [0.5, 0.6) is 0 Å². The summed E-state index contributed by atoms with van der Waals surface area (Å²) in [5.74, 6) is 1.19. The van der Waals surface area contributed by atoms with Crippen LogP contribution in [0.1, 0.15) is 24.5 Å². The number of carbonyl (C=O) groups is 1. The van der Waals surface area contributed by atoms with E-state index >= 15 is 0 Å². The van der Waals surface area contributed by atoms with Crippen LogP contribution in [0.4, 0.5) is 0 Å². The van der Waals surface area contributed by atoms with Gasteiger partial charge >= 0.3 is 0 Å². The third-order valence-electron chi connectivity index (χ3n) is 4.71. The van der Waals surface area contributed by atoms with Gasteiger partial charge in [-0.1, -0.05) is 0 Å². The first kappa shape index (κ1) is 16.1. The Bertz CT molecular complexity index is 823. The highest BCUT2D eigenvalue weighted by Gasteiger charge is 2.24. The second kappa shape index (κ2) is 7.27. The van der Waals surface area contributed by atoms with Gasteiger partial charge in [0.05, 0.1) is 16.8 Å². The average molecular weight is 352 g/mol. The zero-order valence-corrected chi connectivity index (χ0v) is 14.7. The number of nitrogens with one attached hydrogen (secondary N) is 1. The lowest BCUT2D eigenvalue weighted by atomic mass is 9.94. The molecule has 3 aromatic rings. The molecule has 25 heavy (non-hydrogen) atoms. The SMILES string of the molecule is O=C(CSc1ccncc1)N1CCC(c2cc3ncccc3[nH]2)CC1. The molecule has 0 spiro atoms. The van der Waals surface area contributed by atoms with Gasteiger partial charge in [0.1, 0.15) is 0 Å². The molecule has 1 aliphatic rings. The van der Waals surface area contributed by atoms with E-state index in [-0.39, 0.29) is 5.91 Å². The zero-order valence-electron chi connectivity index (χ0n) is 13.9. The van der Waals surface area contributed by atoms with Gasteiger partial charge in [-0.3, -0.25) is 14.8 Å². The number of H-pyrrole nitrogens is 1. The van der Waals surface area contributed by atoms with Gasteiger partial charge in [-0.25, -0.2) is 0 Å². The van der Waals surface area contributed by atoms with Gasteiger partial charge in [-0.15, -0.1) is 11.8 Å². The molecule has 0 aliphatic carbocycles. The van der Waals surface area contributed by atoms with Gasteiger partial charge in [0.25, 0.3) is 0 Å². The average Bonchev–Trinajstić information content (AvgIpc) is 3.11. The second-order valence-corrected chi connectivity index (χ2v) is 7.34. The van der Waals surface area contributed by atoms with Crippen molar-refractivity contribution in [2.75, 3.05) is 18.8 Å². The number of thioether (sulfide) groups is 1. The summed E-state index contributed by atoms with van der Waals surface area (Å²) in [5, 5.41) is 0. The van der Waals surface area contributed by atoms with E-state index < -0.39 is 0 Å². The highest BCUT2D eigenvalue weighted by molar-refractivity contribution is 8.00. The molecule has 0 atom stereocenters. The molecule has 0 saturated carbocycles. The number of aromatic amines is 1. The fourth-order valence-corrected chi connectivity index (χ4v) is 4.09. The Morgan fingerprint density at radius 2 is 2.00 bits per heavy atom. The lowest BCUT2D eigenvalue weighted by Gasteiger charge is -2.31. The first-order chi connectivity index (χ1) is 12.3. The number of aromatic nitrogens is 3. The Labute approximate surface area is 150 Å². The summed E-state index contributed by atoms with van der Waals surface area (Å²) < 4.78 is 0. The molecule has 128 valence electrons. The van der Waals surface area contributed by atoms with Crippen molar-refractivity contribution >= 4 is 28.7 Å². The van der Waals surface area contributed by atoms with Crippen molar-refractivity contribution in [1.29, 1.82) is 0 Å². The molecule has 6 heteroatoms. The number of piperidine rings is 1. The Kier molecular flexibility index (Phi) is 4.70. The third-order valence-corrected chi connectivity index (χ3v) is 5.71. The minimum Gasteiger partial charge on any atom is -0.357 e. The van der Waals surface area contributed by atoms with Gasteiger partial charge in [0.2, 0.25) is 5.91 Å². The second-order valence-electron chi connectivity index (χ2n) is 6.29. The highest BCUT2D eigenvalue weighted by atomic mass is 32.2. The van der Waals surface area contributed by atoms with Crippen molar-refractivity contribution in [3.05, 3.63) is 54.6 Å². The number of hydrogen-bond donors (Lipinski definition) is 1. The van der Waals surface area contributed by atoms with Gasteiger partial charge in [0, 0.05) is 48.2 Å². The molecular formula is C19H20N4OS. The van der Waals surface area contributed by atoms with Crippen molar-refractivity contribution in [1.82, 2.24) is 19.9 Å². The molecule has 1 saturated heterocycles. The molecule has 1 N–H and O–H groups in total. The zero-order chi connectivity index (χ0) is 17.1. The van der Waals surface area contributed by atoms with Gasteiger partial charge in [0.15, 0.2) is 0 Å². The number of amides is 1. The van der Waals surface area contributed by atoms with Crippen LogP contribution in [0.25, 0.3) is 11.0 Å². The van der Waals surface area contributed by atoms with Crippen LogP contribution in [0, 0.1) is 0 Å². The summed E-state index contributed by atoms with van der Waals surface area (Å²) in [7, 11) is 0. The van der Waals surface area contributed by atoms with E-state index in [9.17, 15) is 4.79 Å². The molecule has 5 nitrogen and oxygen atoms in total. The van der Waals surface area contributed by atoms with E-state index in [1.165, 1.54) is 5.69 Å². The molecular weight excluding hydrogens is 332 g/mol. The molecule has 0 radical (unpaired) electrons. The van der Waals surface area contributed by atoms with Crippen LogP contribution in [0.15, 0.2) is 53.8 Å². The number of rotatable bonds is 4. The Morgan fingerprint density at radius 1 is 1.20 bits per heavy atom. The molecule has 1 fully saturated rings. The van der Waals surface area contributed by atoms with Crippen molar-refractivity contribution < 1.29 is 4.79 Å². The highest BCUT2D eigenvalue weighted by Crippen LogP contribution is 2.29. The first-order valence-electron chi connectivity index (χ1n) is 8.54. The van der Waals surface area contributed by atoms with Crippen LogP contribution in [0.3, 0.4) is 0 Å². The van der Waals surface area contributed by atoms with E-state index in [2.05, 4.69) is 27.1 Å². The van der Waals surface area contributed by atoms with Gasteiger partial charge in [-0.05, 0) is 43.2 Å². The van der Waals surface area contributed by atoms with Crippen LogP contribution in [-0.4, -0.2) is 44.6 Å². The van der Waals surface area contributed by atoms with E-state index in [1.807, 2.05) is 29.3 Å². The lowest BCUT2D eigenvalue weighted by molar-refractivity contribution is -0.129. The number of likely N-dealkylation sites (tertiary alicyclic amines) is 1. The van der Waals surface area contributed by atoms with E-state index in [0.717, 1.165) is 41.9 Å². The summed E-state index contributed by atoms with van der Waals surface area (Å²) in [6.07, 6.45) is 7.33. The Morgan fingerprint density at radius 3 is 2.76 bits per heavy atom. The smallest absolute Gasteiger partial charge is 0.232 e. The normalized spacial score (nSPS) is 15.6. The van der Waals surface area contributed by atoms with Crippen molar-refractivity contribution in [2.45, 2.75) is 23.7 Å². The number of carbonyl (C=O) groups excluding carboxylic acids is 1. The number of hydrogen-bond acceptors (Lipinski definition) is 4. The van der Waals surface area contributed by atoms with E-state index in [1.54, 1.807) is 24.2 Å². The third kappa shape index (κ3) is 3.69. The quantitative estimate of drug-likeness (QED) is 0.731. The Hall–Kier alpha value is -2.34. The first-order valence-corrected chi connectivity index (χ1v) is 9.52.